The summed E-state index contributed by atoms with van der Waals surface area (Å²) < 4.78 is 0. The molecular weight excluding hydrogens is 364 g/mol. The Morgan fingerprint density at radius 2 is 2.04 bits per heavy atom. The van der Waals surface area contributed by atoms with Gasteiger partial charge in [-0.2, -0.15) is 0 Å². The number of hydrogen-bond acceptors (Lipinski definition) is 4. The van der Waals surface area contributed by atoms with Crippen LogP contribution in [0, 0.1) is 0 Å². The third kappa shape index (κ3) is 7.62. The summed E-state index contributed by atoms with van der Waals surface area (Å²) in [5, 5.41) is 6.70. The minimum Gasteiger partial charge on any atom is -0.356 e. The zero-order chi connectivity index (χ0) is 19.5. The van der Waals surface area contributed by atoms with E-state index in [-0.39, 0.29) is 12.5 Å². The van der Waals surface area contributed by atoms with Gasteiger partial charge < -0.3 is 15.5 Å². The monoisotopic (exact) mass is 388 g/mol. The molecule has 0 atom stereocenters. The van der Waals surface area contributed by atoms with E-state index in [4.69, 9.17) is 11.6 Å². The van der Waals surface area contributed by atoms with Gasteiger partial charge in [0.2, 0.25) is 5.91 Å². The third-order valence-corrected chi connectivity index (χ3v) is 4.20. The summed E-state index contributed by atoms with van der Waals surface area (Å²) in [5.41, 5.74) is 2.05. The number of aliphatic imine (C=N–C) groups is 1. The second-order valence-electron chi connectivity index (χ2n) is 5.98. The van der Waals surface area contributed by atoms with Crippen LogP contribution in [0.1, 0.15) is 11.3 Å². The highest BCUT2D eigenvalue weighted by Gasteiger charge is 2.09. The van der Waals surface area contributed by atoms with E-state index in [1.54, 1.807) is 37.5 Å². The number of guanidine groups is 1. The lowest BCUT2D eigenvalue weighted by molar-refractivity contribution is -0.128. The second-order valence-corrected chi connectivity index (χ2v) is 6.37. The van der Waals surface area contributed by atoms with E-state index in [1.165, 1.54) is 0 Å². The van der Waals surface area contributed by atoms with Gasteiger partial charge in [-0.05, 0) is 30.2 Å². The Bertz CT molecular complexity index is 736. The number of hydrogen-bond donors (Lipinski definition) is 2. The number of carbonyl (C=O) groups is 1. The Labute approximate surface area is 164 Å². The normalized spacial score (nSPS) is 11.1. The Kier molecular flexibility index (Phi) is 8.51. The first-order chi connectivity index (χ1) is 13.1. The molecule has 27 heavy (non-hydrogen) atoms. The van der Waals surface area contributed by atoms with Crippen LogP contribution in [0.5, 0.6) is 0 Å². The Balaban J connectivity index is 1.67. The van der Waals surface area contributed by atoms with Crippen molar-refractivity contribution >= 4 is 23.5 Å². The second kappa shape index (κ2) is 11.1. The van der Waals surface area contributed by atoms with Crippen LogP contribution in [0.15, 0.2) is 47.7 Å². The van der Waals surface area contributed by atoms with Crippen molar-refractivity contribution in [3.8, 4) is 0 Å². The molecule has 0 fully saturated rings. The highest BCUT2D eigenvalue weighted by molar-refractivity contribution is 6.29. The lowest BCUT2D eigenvalue weighted by atomic mass is 10.2. The maximum absolute atomic E-state index is 12.3. The molecule has 0 radical (unpaired) electrons. The van der Waals surface area contributed by atoms with E-state index in [0.29, 0.717) is 24.2 Å². The number of pyridine rings is 2. The standard InChI is InChI=1S/C19H25ClN6O/c1-21-19(23-11-8-15-6-7-17(20)24-13-15)25-14-18(27)26(2)12-9-16-5-3-4-10-22-16/h3-7,10,13H,8-9,11-12,14H2,1-2H3,(H2,21,23,25). The molecule has 0 bridgehead atoms. The summed E-state index contributed by atoms with van der Waals surface area (Å²) in [7, 11) is 3.46. The van der Waals surface area contributed by atoms with Crippen LogP contribution >= 0.6 is 11.6 Å². The molecule has 0 aliphatic heterocycles. The zero-order valence-electron chi connectivity index (χ0n) is 15.7. The largest absolute Gasteiger partial charge is 0.356 e. The molecule has 0 saturated carbocycles. The van der Waals surface area contributed by atoms with Gasteiger partial charge in [0.15, 0.2) is 5.96 Å². The van der Waals surface area contributed by atoms with Crippen molar-refractivity contribution in [3.63, 3.8) is 0 Å². The number of aromatic nitrogens is 2. The zero-order valence-corrected chi connectivity index (χ0v) is 16.4. The molecular formula is C19H25ClN6O. The molecule has 8 heteroatoms. The molecule has 2 heterocycles. The lowest BCUT2D eigenvalue weighted by Gasteiger charge is -2.18. The van der Waals surface area contributed by atoms with Gasteiger partial charge in [0.25, 0.3) is 0 Å². The van der Waals surface area contributed by atoms with Gasteiger partial charge in [0.05, 0.1) is 6.54 Å². The topological polar surface area (TPSA) is 82.5 Å². The van der Waals surface area contributed by atoms with Crippen molar-refractivity contribution in [1.82, 2.24) is 25.5 Å². The van der Waals surface area contributed by atoms with Gasteiger partial charge in [-0.3, -0.25) is 14.8 Å². The molecule has 0 saturated heterocycles. The fraction of sp³-hybridized carbons (Fsp3) is 0.368. The summed E-state index contributed by atoms with van der Waals surface area (Å²) in [5.74, 6) is 0.583. The molecule has 2 aromatic heterocycles. The van der Waals surface area contributed by atoms with Crippen molar-refractivity contribution in [2.75, 3.05) is 33.7 Å². The van der Waals surface area contributed by atoms with Crippen LogP contribution in [0.4, 0.5) is 0 Å². The number of amides is 1. The van der Waals surface area contributed by atoms with Gasteiger partial charge in [0, 0.05) is 51.7 Å². The number of nitrogens with one attached hydrogen (secondary N) is 2. The Morgan fingerprint density at radius 1 is 1.19 bits per heavy atom. The molecule has 0 unspecified atom stereocenters. The average molecular weight is 389 g/mol. The summed E-state index contributed by atoms with van der Waals surface area (Å²) >= 11 is 5.78. The Morgan fingerprint density at radius 3 is 2.70 bits per heavy atom. The molecule has 7 nitrogen and oxygen atoms in total. The van der Waals surface area contributed by atoms with Gasteiger partial charge in [0.1, 0.15) is 5.15 Å². The van der Waals surface area contributed by atoms with Crippen molar-refractivity contribution in [3.05, 3.63) is 59.1 Å². The van der Waals surface area contributed by atoms with Crippen LogP contribution in [0.25, 0.3) is 0 Å². The van der Waals surface area contributed by atoms with Crippen LogP contribution in [0.3, 0.4) is 0 Å². The molecule has 2 N–H and O–H groups in total. The van der Waals surface area contributed by atoms with Gasteiger partial charge in [-0.1, -0.05) is 23.7 Å². The predicted molar refractivity (Wildman–Crippen MR) is 108 cm³/mol. The Hall–Kier alpha value is -2.67. The number of halogens is 1. The lowest BCUT2D eigenvalue weighted by Crippen LogP contribution is -2.44. The van der Waals surface area contributed by atoms with Crippen molar-refractivity contribution < 1.29 is 4.79 Å². The maximum atomic E-state index is 12.3. The van der Waals surface area contributed by atoms with Crippen molar-refractivity contribution in [2.45, 2.75) is 12.8 Å². The van der Waals surface area contributed by atoms with Crippen LogP contribution in [-0.4, -0.2) is 60.5 Å². The first-order valence-electron chi connectivity index (χ1n) is 8.77. The van der Waals surface area contributed by atoms with Gasteiger partial charge >= 0.3 is 0 Å². The smallest absolute Gasteiger partial charge is 0.241 e. The van der Waals surface area contributed by atoms with Gasteiger partial charge in [-0.25, -0.2) is 4.98 Å². The van der Waals surface area contributed by atoms with Crippen LogP contribution in [-0.2, 0) is 17.6 Å². The first-order valence-corrected chi connectivity index (χ1v) is 9.15. The van der Waals surface area contributed by atoms with Crippen molar-refractivity contribution in [1.29, 1.82) is 0 Å². The van der Waals surface area contributed by atoms with Crippen LogP contribution in [0.2, 0.25) is 5.15 Å². The number of rotatable bonds is 8. The summed E-state index contributed by atoms with van der Waals surface area (Å²) in [4.78, 5) is 26.4. The van der Waals surface area contributed by atoms with Crippen LogP contribution < -0.4 is 10.6 Å². The minimum absolute atomic E-state index is 0.00391. The van der Waals surface area contributed by atoms with E-state index in [1.807, 2.05) is 24.3 Å². The first kappa shape index (κ1) is 20.6. The van der Waals surface area contributed by atoms with Crippen molar-refractivity contribution in [2.24, 2.45) is 4.99 Å². The van der Waals surface area contributed by atoms with Gasteiger partial charge in [-0.15, -0.1) is 0 Å². The molecule has 0 aliphatic carbocycles. The third-order valence-electron chi connectivity index (χ3n) is 3.98. The fourth-order valence-electron chi connectivity index (χ4n) is 2.35. The molecule has 0 spiro atoms. The summed E-state index contributed by atoms with van der Waals surface area (Å²) in [6, 6.07) is 9.49. The minimum atomic E-state index is -0.00391. The maximum Gasteiger partial charge on any atom is 0.241 e. The molecule has 2 rings (SSSR count). The predicted octanol–water partition coefficient (Wildman–Crippen LogP) is 1.54. The number of likely N-dealkylation sites (N-methyl/N-ethyl adjacent to an activating group) is 1. The van der Waals surface area contributed by atoms with E-state index in [0.717, 1.165) is 24.1 Å². The van der Waals surface area contributed by atoms with E-state index < -0.39 is 0 Å². The quantitative estimate of drug-likeness (QED) is 0.407. The SMILES string of the molecule is CN=C(NCCc1ccc(Cl)nc1)NCC(=O)N(C)CCc1ccccn1. The average Bonchev–Trinajstić information content (AvgIpc) is 2.70. The summed E-state index contributed by atoms with van der Waals surface area (Å²) in [6.07, 6.45) is 5.02. The molecule has 1 amide bonds. The molecule has 144 valence electrons. The molecule has 2 aromatic rings. The summed E-state index contributed by atoms with van der Waals surface area (Å²) in [6.45, 7) is 1.47. The van der Waals surface area contributed by atoms with E-state index in [9.17, 15) is 4.79 Å². The highest BCUT2D eigenvalue weighted by Crippen LogP contribution is 2.05. The highest BCUT2D eigenvalue weighted by atomic mass is 35.5. The fourth-order valence-corrected chi connectivity index (χ4v) is 2.46. The van der Waals surface area contributed by atoms with E-state index in [2.05, 4.69) is 25.6 Å². The van der Waals surface area contributed by atoms with E-state index >= 15 is 0 Å². The molecule has 0 aromatic carbocycles. The number of carbonyl (C=O) groups excluding carboxylic acids is 1. The number of nitrogens with zero attached hydrogens (tertiary/aromatic N) is 4. The molecule has 0 aliphatic rings.